The summed E-state index contributed by atoms with van der Waals surface area (Å²) in [6.07, 6.45) is 0. The van der Waals surface area contributed by atoms with Crippen LogP contribution in [0.4, 0.5) is 0 Å². The molecule has 0 spiro atoms. The highest BCUT2D eigenvalue weighted by Gasteiger charge is 2.38. The number of methoxy groups -OCH3 is 2. The Balaban J connectivity index is 1.90. The maximum atomic E-state index is 6.85. The van der Waals surface area contributed by atoms with Gasteiger partial charge in [-0.25, -0.2) is 0 Å². The van der Waals surface area contributed by atoms with Crippen LogP contribution in [0.5, 0.6) is 11.5 Å². The van der Waals surface area contributed by atoms with Gasteiger partial charge in [0.25, 0.3) is 0 Å². The molecule has 4 rings (SSSR count). The van der Waals surface area contributed by atoms with Gasteiger partial charge in [-0.15, -0.1) is 0 Å². The second kappa shape index (κ2) is 9.38. The molecule has 0 unspecified atom stereocenters. The zero-order valence-electron chi connectivity index (χ0n) is 17.7. The van der Waals surface area contributed by atoms with Gasteiger partial charge in [-0.2, -0.15) is 11.3 Å². The average Bonchev–Trinajstić information content (AvgIpc) is 3.25. The van der Waals surface area contributed by atoms with Crippen LogP contribution < -0.4 is 9.47 Å². The molecule has 0 amide bonds. The first-order chi connectivity index (χ1) is 15.2. The molecule has 1 radical (unpaired) electrons. The maximum Gasteiger partial charge on any atom is 0.144 e. The Labute approximate surface area is 187 Å². The van der Waals surface area contributed by atoms with Crippen molar-refractivity contribution in [3.05, 3.63) is 124 Å². The lowest BCUT2D eigenvalue weighted by atomic mass is 9.80. The third-order valence-electron chi connectivity index (χ3n) is 5.45. The molecule has 4 heteroatoms. The smallest absolute Gasteiger partial charge is 0.144 e. The number of rotatable bonds is 8. The van der Waals surface area contributed by atoms with Crippen molar-refractivity contribution in [3.8, 4) is 11.5 Å². The Morgan fingerprint density at radius 2 is 1.23 bits per heavy atom. The highest BCUT2D eigenvalue weighted by Crippen LogP contribution is 2.42. The van der Waals surface area contributed by atoms with Crippen LogP contribution in [0.15, 0.2) is 89.6 Å². The van der Waals surface area contributed by atoms with E-state index in [1.54, 1.807) is 25.6 Å². The van der Waals surface area contributed by atoms with Crippen molar-refractivity contribution >= 4 is 11.3 Å². The first-order valence-electron chi connectivity index (χ1n) is 10.0. The van der Waals surface area contributed by atoms with Gasteiger partial charge in [-0.1, -0.05) is 54.6 Å². The van der Waals surface area contributed by atoms with Crippen LogP contribution in [0.25, 0.3) is 0 Å². The van der Waals surface area contributed by atoms with E-state index in [0.717, 1.165) is 39.3 Å². The Hall–Kier alpha value is -3.08. The number of hydrogen-bond acceptors (Lipinski definition) is 4. The Bertz CT molecular complexity index is 1050. The molecule has 3 aromatic carbocycles. The van der Waals surface area contributed by atoms with Crippen LogP contribution >= 0.6 is 11.3 Å². The molecule has 0 bridgehead atoms. The Morgan fingerprint density at radius 1 is 0.710 bits per heavy atom. The van der Waals surface area contributed by atoms with Crippen LogP contribution in [0, 0.1) is 6.92 Å². The summed E-state index contributed by atoms with van der Waals surface area (Å²) >= 11 is 1.64. The molecule has 1 aromatic heterocycles. The minimum Gasteiger partial charge on any atom is -0.497 e. The zero-order valence-corrected chi connectivity index (χ0v) is 18.5. The zero-order chi connectivity index (χ0) is 21.7. The Kier molecular flexibility index (Phi) is 6.40. The number of hydrogen-bond donors (Lipinski definition) is 0. The molecule has 0 saturated heterocycles. The van der Waals surface area contributed by atoms with E-state index in [2.05, 4.69) is 48.7 Å². The second-order valence-electron chi connectivity index (χ2n) is 7.22. The van der Waals surface area contributed by atoms with E-state index in [1.807, 2.05) is 47.8 Å². The summed E-state index contributed by atoms with van der Waals surface area (Å²) in [5.74, 6) is 1.61. The van der Waals surface area contributed by atoms with Crippen molar-refractivity contribution in [1.29, 1.82) is 0 Å². The molecule has 31 heavy (non-hydrogen) atoms. The molecule has 0 atom stereocenters. The molecular formula is C27H25O3S. The fourth-order valence-electron chi connectivity index (χ4n) is 3.74. The molecule has 0 aliphatic rings. The van der Waals surface area contributed by atoms with Gasteiger partial charge in [-0.05, 0) is 69.8 Å². The summed E-state index contributed by atoms with van der Waals surface area (Å²) in [6.45, 7) is 4.58. The molecule has 1 heterocycles. The van der Waals surface area contributed by atoms with Crippen LogP contribution in [0.2, 0.25) is 0 Å². The summed E-state index contributed by atoms with van der Waals surface area (Å²) < 4.78 is 17.6. The van der Waals surface area contributed by atoms with Gasteiger partial charge in [0, 0.05) is 0 Å². The van der Waals surface area contributed by atoms with Crippen LogP contribution in [0.1, 0.15) is 27.8 Å². The predicted molar refractivity (Wildman–Crippen MR) is 126 cm³/mol. The second-order valence-corrected chi connectivity index (χ2v) is 7.96. The lowest BCUT2D eigenvalue weighted by Crippen LogP contribution is -2.32. The molecular weight excluding hydrogens is 404 g/mol. The van der Waals surface area contributed by atoms with Crippen LogP contribution in [-0.2, 0) is 16.9 Å². The van der Waals surface area contributed by atoms with E-state index in [4.69, 9.17) is 14.2 Å². The minimum atomic E-state index is -0.811. The fraction of sp³-hybridized carbons (Fsp3) is 0.148. The lowest BCUT2D eigenvalue weighted by molar-refractivity contribution is 0.000228. The highest BCUT2D eigenvalue weighted by molar-refractivity contribution is 7.08. The normalized spacial score (nSPS) is 11.3. The molecule has 0 N–H and O–H groups in total. The average molecular weight is 430 g/mol. The van der Waals surface area contributed by atoms with Gasteiger partial charge >= 0.3 is 0 Å². The standard InChI is InChI=1S/C27H25O3S/c1-20-18-31-19-21(20)17-30-27(22-7-5-4-6-8-22,23-9-13-25(28-2)14-10-23)24-11-15-26(29-3)16-12-24/h4-16,18-19H,1,17H2,2-3H3. The van der Waals surface area contributed by atoms with Gasteiger partial charge in [-0.3, -0.25) is 0 Å². The quantitative estimate of drug-likeness (QED) is 0.301. The van der Waals surface area contributed by atoms with E-state index in [1.165, 1.54) is 0 Å². The summed E-state index contributed by atoms with van der Waals surface area (Å²) in [5.41, 5.74) is 4.36. The molecule has 0 fully saturated rings. The van der Waals surface area contributed by atoms with Gasteiger partial charge in [0.1, 0.15) is 17.1 Å². The Morgan fingerprint density at radius 3 is 1.68 bits per heavy atom. The van der Waals surface area contributed by atoms with E-state index >= 15 is 0 Å². The number of thiophene rings is 1. The number of ether oxygens (including phenoxy) is 3. The van der Waals surface area contributed by atoms with Crippen LogP contribution in [0.3, 0.4) is 0 Å². The third-order valence-corrected chi connectivity index (χ3v) is 6.29. The fourth-order valence-corrected chi connectivity index (χ4v) is 4.50. The highest BCUT2D eigenvalue weighted by atomic mass is 32.1. The van der Waals surface area contributed by atoms with Crippen molar-refractivity contribution in [2.24, 2.45) is 0 Å². The summed E-state index contributed by atoms with van der Waals surface area (Å²) in [6, 6.07) is 26.4. The van der Waals surface area contributed by atoms with Crippen molar-refractivity contribution in [2.45, 2.75) is 12.2 Å². The first-order valence-corrected chi connectivity index (χ1v) is 11.0. The van der Waals surface area contributed by atoms with Gasteiger partial charge in [0.2, 0.25) is 0 Å². The number of benzene rings is 3. The van der Waals surface area contributed by atoms with Crippen molar-refractivity contribution in [1.82, 2.24) is 0 Å². The van der Waals surface area contributed by atoms with E-state index in [-0.39, 0.29) is 0 Å². The molecule has 0 aliphatic carbocycles. The minimum absolute atomic E-state index is 0.440. The molecule has 3 nitrogen and oxygen atoms in total. The van der Waals surface area contributed by atoms with Gasteiger partial charge < -0.3 is 14.2 Å². The molecule has 0 saturated carbocycles. The SMILES string of the molecule is [CH2]c1cscc1COC(c1ccccc1)(c1ccc(OC)cc1)c1ccc(OC)cc1. The molecule has 157 valence electrons. The monoisotopic (exact) mass is 429 g/mol. The lowest BCUT2D eigenvalue weighted by Gasteiger charge is -2.36. The van der Waals surface area contributed by atoms with E-state index in [9.17, 15) is 0 Å². The van der Waals surface area contributed by atoms with Crippen molar-refractivity contribution in [2.75, 3.05) is 14.2 Å². The van der Waals surface area contributed by atoms with E-state index in [0.29, 0.717) is 6.61 Å². The molecule has 4 aromatic rings. The predicted octanol–water partition coefficient (Wildman–Crippen LogP) is 6.46. The van der Waals surface area contributed by atoms with Crippen molar-refractivity contribution in [3.63, 3.8) is 0 Å². The molecule has 0 aliphatic heterocycles. The van der Waals surface area contributed by atoms with Crippen molar-refractivity contribution < 1.29 is 14.2 Å². The topological polar surface area (TPSA) is 27.7 Å². The van der Waals surface area contributed by atoms with Gasteiger partial charge in [0.15, 0.2) is 0 Å². The first kappa shape index (κ1) is 21.2. The summed E-state index contributed by atoms with van der Waals surface area (Å²) in [4.78, 5) is 0. The third kappa shape index (κ3) is 4.22. The van der Waals surface area contributed by atoms with Gasteiger partial charge in [0.05, 0.1) is 20.8 Å². The van der Waals surface area contributed by atoms with E-state index < -0.39 is 5.60 Å². The maximum absolute atomic E-state index is 6.85. The summed E-state index contributed by atoms with van der Waals surface area (Å²) in [7, 11) is 3.34. The van der Waals surface area contributed by atoms with Crippen LogP contribution in [-0.4, -0.2) is 14.2 Å². The summed E-state index contributed by atoms with van der Waals surface area (Å²) in [5, 5.41) is 4.14. The largest absolute Gasteiger partial charge is 0.497 e.